The second-order valence-electron chi connectivity index (χ2n) is 11.8. The monoisotopic (exact) mass is 604 g/mol. The Morgan fingerprint density at radius 3 is 2.00 bits per heavy atom. The van der Waals surface area contributed by atoms with Gasteiger partial charge in [-0.25, -0.2) is 14.4 Å². The maximum absolute atomic E-state index is 13.6. The highest BCUT2D eigenvalue weighted by atomic mass is 16.5. The Hall–Kier alpha value is -3.80. The number of carbonyl (C=O) groups excluding carboxylic acids is 5. The van der Waals surface area contributed by atoms with Gasteiger partial charge in [0.2, 0.25) is 5.91 Å². The molecule has 12 nitrogen and oxygen atoms in total. The van der Waals surface area contributed by atoms with Crippen molar-refractivity contribution in [1.29, 1.82) is 0 Å². The second-order valence-corrected chi connectivity index (χ2v) is 11.8. The van der Waals surface area contributed by atoms with Gasteiger partial charge in [-0.15, -0.1) is 0 Å². The number of carboxylic acids is 1. The van der Waals surface area contributed by atoms with Crippen LogP contribution in [0.4, 0.5) is 4.79 Å². The van der Waals surface area contributed by atoms with Crippen LogP contribution in [0.3, 0.4) is 0 Å². The van der Waals surface area contributed by atoms with Crippen molar-refractivity contribution in [1.82, 2.24) is 16.0 Å². The van der Waals surface area contributed by atoms with Gasteiger partial charge in [0.25, 0.3) is 0 Å². The minimum absolute atomic E-state index is 0.00802. The van der Waals surface area contributed by atoms with Crippen LogP contribution < -0.4 is 26.4 Å². The van der Waals surface area contributed by atoms with Gasteiger partial charge < -0.3 is 31.5 Å². The van der Waals surface area contributed by atoms with Crippen LogP contribution in [0.15, 0.2) is 24.3 Å². The molecule has 43 heavy (non-hydrogen) atoms. The maximum Gasteiger partial charge on any atom is 0.328 e. The fourth-order valence-corrected chi connectivity index (χ4v) is 4.22. The van der Waals surface area contributed by atoms with Crippen molar-refractivity contribution in [3.05, 3.63) is 29.8 Å². The van der Waals surface area contributed by atoms with E-state index in [1.165, 1.54) is 6.92 Å². The highest BCUT2D eigenvalue weighted by Crippen LogP contribution is 2.22. The molecule has 0 aliphatic carbocycles. The summed E-state index contributed by atoms with van der Waals surface area (Å²) in [5.74, 6) is -3.68. The Morgan fingerprint density at radius 2 is 1.51 bits per heavy atom. The fourth-order valence-electron chi connectivity index (χ4n) is 4.22. The molecule has 1 aromatic rings. The molecule has 0 fully saturated rings. The van der Waals surface area contributed by atoms with Gasteiger partial charge in [0.05, 0.1) is 12.6 Å². The van der Waals surface area contributed by atoms with Crippen LogP contribution in [-0.2, 0) is 30.4 Å². The average Bonchev–Trinajstić information content (AvgIpc) is 2.93. The fraction of sp³-hybridized carbons (Fsp3) is 0.613. The van der Waals surface area contributed by atoms with Crippen LogP contribution in [-0.4, -0.2) is 65.2 Å². The predicted octanol–water partition coefficient (Wildman–Crippen LogP) is 2.61. The summed E-state index contributed by atoms with van der Waals surface area (Å²) in [6, 6.07) is 2.46. The summed E-state index contributed by atoms with van der Waals surface area (Å²) < 4.78 is 5.33. The number of nitrogens with one attached hydrogen (secondary N) is 3. The molecule has 1 rings (SSSR count). The smallest absolute Gasteiger partial charge is 0.328 e. The SMILES string of the molecule is CCC(C)C(CC(=O)C(Cc1ccc(OC(=O)C(N)C(C)C)cc1)NC(=O)NC(CC(C)C)C(=O)O)C(=O)NCC(C)=O. The summed E-state index contributed by atoms with van der Waals surface area (Å²) in [4.78, 5) is 74.7. The Bertz CT molecular complexity index is 1120. The van der Waals surface area contributed by atoms with E-state index in [4.69, 9.17) is 10.5 Å². The van der Waals surface area contributed by atoms with Crippen molar-refractivity contribution in [3.8, 4) is 5.75 Å². The number of hydrogen-bond acceptors (Lipinski definition) is 8. The number of rotatable bonds is 18. The van der Waals surface area contributed by atoms with E-state index >= 15 is 0 Å². The Kier molecular flexibility index (Phi) is 15.6. The summed E-state index contributed by atoms with van der Waals surface area (Å²) in [5.41, 5.74) is 6.46. The van der Waals surface area contributed by atoms with Gasteiger partial charge >= 0.3 is 18.0 Å². The molecule has 0 aromatic heterocycles. The summed E-state index contributed by atoms with van der Waals surface area (Å²) in [6.07, 6.45) is 0.603. The number of benzene rings is 1. The average molecular weight is 605 g/mol. The molecule has 0 aliphatic rings. The molecule has 5 unspecified atom stereocenters. The number of aliphatic carboxylic acids is 1. The molecule has 5 atom stereocenters. The number of urea groups is 1. The third-order valence-electron chi connectivity index (χ3n) is 7.18. The molecule has 12 heteroatoms. The number of esters is 1. The molecule has 0 bridgehead atoms. The summed E-state index contributed by atoms with van der Waals surface area (Å²) in [6.45, 7) is 12.1. The minimum Gasteiger partial charge on any atom is -0.480 e. The van der Waals surface area contributed by atoms with Gasteiger partial charge in [-0.1, -0.05) is 60.1 Å². The standard InChI is InChI=1S/C31H48N4O8/c1-8-19(6)23(28(38)33-16-20(7)36)15-26(37)24(34-31(42)35-25(29(39)40)13-17(2)3)14-21-9-11-22(12-10-21)43-30(41)27(32)18(4)5/h9-12,17-19,23-25,27H,8,13-16,32H2,1-7H3,(H,33,38)(H,39,40)(H2,34,35,42). The van der Waals surface area contributed by atoms with Gasteiger partial charge in [0.1, 0.15) is 23.6 Å². The van der Waals surface area contributed by atoms with E-state index < -0.39 is 53.7 Å². The molecular formula is C31H48N4O8. The van der Waals surface area contributed by atoms with Gasteiger partial charge in [-0.05, 0) is 55.2 Å². The maximum atomic E-state index is 13.6. The Balaban J connectivity index is 3.22. The molecule has 1 aromatic carbocycles. The number of carbonyl (C=O) groups is 6. The molecule has 0 saturated heterocycles. The quantitative estimate of drug-likeness (QED) is 0.124. The third kappa shape index (κ3) is 13.4. The third-order valence-corrected chi connectivity index (χ3v) is 7.18. The highest BCUT2D eigenvalue weighted by Gasteiger charge is 2.32. The molecule has 0 aliphatic heterocycles. The van der Waals surface area contributed by atoms with E-state index in [1.54, 1.807) is 38.1 Å². The number of carboxylic acid groups (broad SMARTS) is 1. The number of amides is 3. The van der Waals surface area contributed by atoms with Gasteiger partial charge in [-0.2, -0.15) is 0 Å². The van der Waals surface area contributed by atoms with Crippen LogP contribution in [0.25, 0.3) is 0 Å². The zero-order valence-corrected chi connectivity index (χ0v) is 26.3. The van der Waals surface area contributed by atoms with Crippen LogP contribution in [0.5, 0.6) is 5.75 Å². The molecule has 0 radical (unpaired) electrons. The summed E-state index contributed by atoms with van der Waals surface area (Å²) in [5, 5.41) is 17.1. The topological polar surface area (TPSA) is 194 Å². The van der Waals surface area contributed by atoms with E-state index in [1.807, 2.05) is 27.7 Å². The molecule has 6 N–H and O–H groups in total. The summed E-state index contributed by atoms with van der Waals surface area (Å²) in [7, 11) is 0. The van der Waals surface area contributed by atoms with E-state index in [0.29, 0.717) is 12.0 Å². The molecular weight excluding hydrogens is 556 g/mol. The molecule has 3 amide bonds. The van der Waals surface area contributed by atoms with Crippen molar-refractivity contribution in [2.24, 2.45) is 29.4 Å². The highest BCUT2D eigenvalue weighted by molar-refractivity contribution is 5.94. The number of ether oxygens (including phenoxy) is 1. The minimum atomic E-state index is -1.20. The van der Waals surface area contributed by atoms with Crippen LogP contribution >= 0.6 is 0 Å². The normalized spacial score (nSPS) is 14.7. The van der Waals surface area contributed by atoms with E-state index in [9.17, 15) is 33.9 Å². The van der Waals surface area contributed by atoms with Gasteiger partial charge in [0.15, 0.2) is 5.78 Å². The first kappa shape index (κ1) is 37.2. The Labute approximate surface area is 253 Å². The second kappa shape index (κ2) is 18.0. The number of Topliss-reactive ketones (excluding diaryl/α,β-unsaturated/α-hetero) is 2. The summed E-state index contributed by atoms with van der Waals surface area (Å²) >= 11 is 0. The predicted molar refractivity (Wildman–Crippen MR) is 161 cm³/mol. The first-order valence-electron chi connectivity index (χ1n) is 14.7. The first-order valence-corrected chi connectivity index (χ1v) is 14.7. The van der Waals surface area contributed by atoms with E-state index in [2.05, 4.69) is 16.0 Å². The lowest BCUT2D eigenvalue weighted by molar-refractivity contribution is -0.139. The van der Waals surface area contributed by atoms with Gasteiger partial charge in [-0.3, -0.25) is 14.4 Å². The molecule has 0 saturated carbocycles. The van der Waals surface area contributed by atoms with Crippen molar-refractivity contribution >= 4 is 35.4 Å². The number of nitrogens with two attached hydrogens (primary N) is 1. The van der Waals surface area contributed by atoms with Crippen molar-refractivity contribution < 1.29 is 38.6 Å². The largest absolute Gasteiger partial charge is 0.480 e. The van der Waals surface area contributed by atoms with Crippen molar-refractivity contribution in [3.63, 3.8) is 0 Å². The van der Waals surface area contributed by atoms with E-state index in [-0.39, 0.29) is 55.1 Å². The lowest BCUT2D eigenvalue weighted by Gasteiger charge is -2.25. The van der Waals surface area contributed by atoms with Gasteiger partial charge in [0, 0.05) is 12.3 Å². The van der Waals surface area contributed by atoms with Crippen molar-refractivity contribution in [2.75, 3.05) is 6.54 Å². The zero-order valence-electron chi connectivity index (χ0n) is 26.3. The number of ketones is 2. The first-order chi connectivity index (χ1) is 20.0. The zero-order chi connectivity index (χ0) is 32.9. The van der Waals surface area contributed by atoms with Crippen LogP contribution in [0.2, 0.25) is 0 Å². The van der Waals surface area contributed by atoms with Crippen LogP contribution in [0, 0.1) is 23.7 Å². The molecule has 240 valence electrons. The van der Waals surface area contributed by atoms with Crippen molar-refractivity contribution in [2.45, 2.75) is 92.3 Å². The van der Waals surface area contributed by atoms with E-state index in [0.717, 1.165) is 0 Å². The molecule has 0 spiro atoms. The lowest BCUT2D eigenvalue weighted by Crippen LogP contribution is -2.52. The molecule has 0 heterocycles. The van der Waals surface area contributed by atoms with Crippen LogP contribution in [0.1, 0.15) is 73.3 Å². The number of hydrogen-bond donors (Lipinski definition) is 5. The Morgan fingerprint density at radius 1 is 0.930 bits per heavy atom. The lowest BCUT2D eigenvalue weighted by atomic mass is 9.84.